The van der Waals surface area contributed by atoms with Crippen molar-refractivity contribution >= 4 is 0 Å². The fourth-order valence-corrected chi connectivity index (χ4v) is 2.60. The average Bonchev–Trinajstić information content (AvgIpc) is 2.53. The first-order valence-electron chi connectivity index (χ1n) is 8.00. The number of hydrogen-bond donors (Lipinski definition) is 1. The average molecular weight is 298 g/mol. The van der Waals surface area contributed by atoms with Gasteiger partial charge in [-0.1, -0.05) is 42.8 Å². The molecule has 0 aliphatic carbocycles. The Labute approximate surface area is 133 Å². The minimum absolute atomic E-state index is 0.207. The van der Waals surface area contributed by atoms with Gasteiger partial charge in [0.1, 0.15) is 0 Å². The molecule has 1 atom stereocenters. The van der Waals surface area contributed by atoms with Crippen LogP contribution in [0, 0.1) is 12.8 Å². The Morgan fingerprint density at radius 1 is 0.955 bits per heavy atom. The highest BCUT2D eigenvalue weighted by Crippen LogP contribution is 2.27. The summed E-state index contributed by atoms with van der Waals surface area (Å²) in [5.74, 6) is 1.45. The van der Waals surface area contributed by atoms with Crippen molar-refractivity contribution in [2.24, 2.45) is 5.92 Å². The van der Waals surface area contributed by atoms with E-state index in [9.17, 15) is 5.11 Å². The maximum absolute atomic E-state index is 9.62. The first-order chi connectivity index (χ1) is 10.6. The molecule has 0 spiro atoms. The zero-order valence-electron chi connectivity index (χ0n) is 13.8. The van der Waals surface area contributed by atoms with Gasteiger partial charge in [0.2, 0.25) is 0 Å². The second kappa shape index (κ2) is 7.88. The molecule has 118 valence electrons. The van der Waals surface area contributed by atoms with E-state index < -0.39 is 0 Å². The number of hydrogen-bond acceptors (Lipinski definition) is 2. The molecule has 0 aliphatic rings. The number of rotatable bonds is 7. The zero-order chi connectivity index (χ0) is 15.9. The maximum Gasteiger partial charge on any atom is 0.160 e. The second-order valence-corrected chi connectivity index (χ2v) is 6.17. The van der Waals surface area contributed by atoms with Crippen LogP contribution in [0.1, 0.15) is 36.5 Å². The van der Waals surface area contributed by atoms with Crippen LogP contribution in [0.15, 0.2) is 42.5 Å². The van der Waals surface area contributed by atoms with E-state index in [-0.39, 0.29) is 5.75 Å². The van der Waals surface area contributed by atoms with Gasteiger partial charge in [-0.25, -0.2) is 0 Å². The Kier molecular flexibility index (Phi) is 5.88. The van der Waals surface area contributed by atoms with Gasteiger partial charge >= 0.3 is 0 Å². The van der Waals surface area contributed by atoms with Crippen LogP contribution in [0.4, 0.5) is 0 Å². The molecular weight excluding hydrogens is 272 g/mol. The molecule has 0 unspecified atom stereocenters. The molecule has 0 aliphatic heterocycles. The number of benzene rings is 2. The molecule has 0 heterocycles. The van der Waals surface area contributed by atoms with Gasteiger partial charge in [-0.05, 0) is 61.8 Å². The van der Waals surface area contributed by atoms with E-state index >= 15 is 0 Å². The van der Waals surface area contributed by atoms with E-state index in [1.165, 1.54) is 23.1 Å². The van der Waals surface area contributed by atoms with Crippen LogP contribution >= 0.6 is 0 Å². The van der Waals surface area contributed by atoms with Gasteiger partial charge in [0.05, 0.1) is 7.11 Å². The maximum atomic E-state index is 9.62. The quantitative estimate of drug-likeness (QED) is 0.787. The van der Waals surface area contributed by atoms with Gasteiger partial charge < -0.3 is 9.84 Å². The van der Waals surface area contributed by atoms with Crippen molar-refractivity contribution in [1.82, 2.24) is 0 Å². The Hall–Kier alpha value is -1.96. The van der Waals surface area contributed by atoms with Crippen molar-refractivity contribution in [1.29, 1.82) is 0 Å². The molecule has 2 rings (SSSR count). The number of phenolic OH excluding ortho intramolecular Hbond substituents is 1. The molecule has 0 fully saturated rings. The number of ether oxygens (including phenoxy) is 1. The molecule has 0 saturated carbocycles. The van der Waals surface area contributed by atoms with Crippen LogP contribution < -0.4 is 4.74 Å². The SMILES string of the molecule is COc1cc(CC[C@@H](C)CCc2ccc(C)cc2)ccc1O. The van der Waals surface area contributed by atoms with E-state index in [4.69, 9.17) is 4.74 Å². The minimum Gasteiger partial charge on any atom is -0.504 e. The molecule has 2 heteroatoms. The topological polar surface area (TPSA) is 29.5 Å². The Balaban J connectivity index is 1.80. The summed E-state index contributed by atoms with van der Waals surface area (Å²) in [6.45, 7) is 4.43. The van der Waals surface area contributed by atoms with Crippen LogP contribution in [0.3, 0.4) is 0 Å². The third-order valence-corrected chi connectivity index (χ3v) is 4.22. The lowest BCUT2D eigenvalue weighted by Gasteiger charge is -2.12. The summed E-state index contributed by atoms with van der Waals surface area (Å²) < 4.78 is 5.16. The zero-order valence-corrected chi connectivity index (χ0v) is 13.8. The van der Waals surface area contributed by atoms with Crippen molar-refractivity contribution in [3.05, 3.63) is 59.2 Å². The summed E-state index contributed by atoms with van der Waals surface area (Å²) in [5.41, 5.74) is 3.96. The van der Waals surface area contributed by atoms with Crippen molar-refractivity contribution in [2.75, 3.05) is 7.11 Å². The summed E-state index contributed by atoms with van der Waals surface area (Å²) in [7, 11) is 1.59. The fourth-order valence-electron chi connectivity index (χ4n) is 2.60. The summed E-state index contributed by atoms with van der Waals surface area (Å²) >= 11 is 0. The van der Waals surface area contributed by atoms with Crippen molar-refractivity contribution in [3.8, 4) is 11.5 Å². The van der Waals surface area contributed by atoms with Gasteiger partial charge in [-0.2, -0.15) is 0 Å². The van der Waals surface area contributed by atoms with Crippen LogP contribution in [0.2, 0.25) is 0 Å². The van der Waals surface area contributed by atoms with Gasteiger partial charge in [-0.3, -0.25) is 0 Å². The van der Waals surface area contributed by atoms with Crippen LogP contribution in [0.5, 0.6) is 11.5 Å². The molecule has 22 heavy (non-hydrogen) atoms. The van der Waals surface area contributed by atoms with Crippen molar-refractivity contribution < 1.29 is 9.84 Å². The number of aromatic hydroxyl groups is 1. The van der Waals surface area contributed by atoms with Crippen LogP contribution in [0.25, 0.3) is 0 Å². The van der Waals surface area contributed by atoms with E-state index in [0.717, 1.165) is 19.3 Å². The first-order valence-corrected chi connectivity index (χ1v) is 8.00. The third-order valence-electron chi connectivity index (χ3n) is 4.22. The predicted octanol–water partition coefficient (Wildman–Crippen LogP) is 4.91. The van der Waals surface area contributed by atoms with E-state index in [0.29, 0.717) is 11.7 Å². The molecule has 1 N–H and O–H groups in total. The normalized spacial score (nSPS) is 12.1. The molecule has 2 nitrogen and oxygen atoms in total. The smallest absolute Gasteiger partial charge is 0.160 e. The lowest BCUT2D eigenvalue weighted by molar-refractivity contribution is 0.372. The lowest BCUT2D eigenvalue weighted by atomic mass is 9.94. The summed E-state index contributed by atoms with van der Waals surface area (Å²) in [6, 6.07) is 14.4. The van der Waals surface area contributed by atoms with E-state index in [1.54, 1.807) is 13.2 Å². The molecule has 2 aromatic rings. The summed E-state index contributed by atoms with van der Waals surface area (Å²) in [6.07, 6.45) is 4.52. The van der Waals surface area contributed by atoms with Crippen LogP contribution in [-0.4, -0.2) is 12.2 Å². The third kappa shape index (κ3) is 4.80. The Bertz CT molecular complexity index is 587. The number of phenols is 1. The predicted molar refractivity (Wildman–Crippen MR) is 91.6 cm³/mol. The first kappa shape index (κ1) is 16.4. The van der Waals surface area contributed by atoms with Crippen molar-refractivity contribution in [2.45, 2.75) is 39.5 Å². The molecule has 0 saturated heterocycles. The standard InChI is InChI=1S/C20H26O2/c1-15-4-8-17(9-5-15)10-6-16(2)7-11-18-12-13-19(21)20(14-18)22-3/h4-5,8-9,12-14,16,21H,6-7,10-11H2,1-3H3/t16-/m0/s1. The lowest BCUT2D eigenvalue weighted by Crippen LogP contribution is -2.00. The molecule has 0 amide bonds. The fraction of sp³-hybridized carbons (Fsp3) is 0.400. The monoisotopic (exact) mass is 298 g/mol. The van der Waals surface area contributed by atoms with E-state index in [2.05, 4.69) is 38.1 Å². The van der Waals surface area contributed by atoms with Crippen LogP contribution in [-0.2, 0) is 12.8 Å². The number of aryl methyl sites for hydroxylation is 3. The summed E-state index contributed by atoms with van der Waals surface area (Å²) in [4.78, 5) is 0. The molecule has 2 aromatic carbocycles. The summed E-state index contributed by atoms with van der Waals surface area (Å²) in [5, 5.41) is 9.62. The van der Waals surface area contributed by atoms with E-state index in [1.807, 2.05) is 12.1 Å². The molecule has 0 radical (unpaired) electrons. The Morgan fingerprint density at radius 3 is 2.18 bits per heavy atom. The Morgan fingerprint density at radius 2 is 1.55 bits per heavy atom. The van der Waals surface area contributed by atoms with Gasteiger partial charge in [-0.15, -0.1) is 0 Å². The van der Waals surface area contributed by atoms with Gasteiger partial charge in [0, 0.05) is 0 Å². The van der Waals surface area contributed by atoms with Gasteiger partial charge in [0.25, 0.3) is 0 Å². The highest BCUT2D eigenvalue weighted by atomic mass is 16.5. The molecule has 0 bridgehead atoms. The second-order valence-electron chi connectivity index (χ2n) is 6.17. The molecular formula is C20H26O2. The minimum atomic E-state index is 0.207. The largest absolute Gasteiger partial charge is 0.504 e. The highest BCUT2D eigenvalue weighted by Gasteiger charge is 2.06. The molecule has 0 aromatic heterocycles. The van der Waals surface area contributed by atoms with Gasteiger partial charge in [0.15, 0.2) is 11.5 Å². The van der Waals surface area contributed by atoms with Crippen molar-refractivity contribution in [3.63, 3.8) is 0 Å². The number of methoxy groups -OCH3 is 1. The highest BCUT2D eigenvalue weighted by molar-refractivity contribution is 5.41.